The van der Waals surface area contributed by atoms with E-state index in [1.165, 1.54) is 12.0 Å². The third-order valence-corrected chi connectivity index (χ3v) is 3.09. The van der Waals surface area contributed by atoms with Crippen molar-refractivity contribution in [2.75, 3.05) is 6.54 Å². The second-order valence-corrected chi connectivity index (χ2v) is 4.41. The Labute approximate surface area is 90.9 Å². The maximum Gasteiger partial charge on any atom is 0.0991 e. The van der Waals surface area contributed by atoms with E-state index >= 15 is 0 Å². The van der Waals surface area contributed by atoms with Crippen LogP contribution in [0.1, 0.15) is 24.5 Å². The molecule has 2 rings (SSSR count). The first-order valence-corrected chi connectivity index (χ1v) is 5.49. The first-order valence-electron chi connectivity index (χ1n) is 5.49. The summed E-state index contributed by atoms with van der Waals surface area (Å²) >= 11 is 0. The molecule has 2 nitrogen and oxygen atoms in total. The molecular weight excluding hydrogens is 184 g/mol. The molecule has 0 radical (unpaired) electrons. The highest BCUT2D eigenvalue weighted by Crippen LogP contribution is 2.36. The third-order valence-electron chi connectivity index (χ3n) is 3.09. The minimum absolute atomic E-state index is 0.731. The number of nitrogens with zero attached hydrogens (tertiary/aromatic N) is 1. The fraction of sp³-hybridized carbons (Fsp3) is 0.462. The molecule has 2 heteroatoms. The molecule has 1 aromatic rings. The quantitative estimate of drug-likeness (QED) is 0.809. The summed E-state index contributed by atoms with van der Waals surface area (Å²) < 4.78 is 0. The summed E-state index contributed by atoms with van der Waals surface area (Å²) in [4.78, 5) is 0. The number of benzene rings is 1. The fourth-order valence-corrected chi connectivity index (χ4v) is 1.78. The zero-order valence-electron chi connectivity index (χ0n) is 9.03. The SMILES string of the molecule is CC1CC1CNCc1ccc(C#N)cc1. The van der Waals surface area contributed by atoms with Gasteiger partial charge < -0.3 is 5.32 Å². The standard InChI is InChI=1S/C13H16N2/c1-10-6-13(10)9-15-8-12-4-2-11(7-14)3-5-12/h2-5,10,13,15H,6,8-9H2,1H3. The van der Waals surface area contributed by atoms with Gasteiger partial charge in [0.2, 0.25) is 0 Å². The first-order chi connectivity index (χ1) is 7.29. The van der Waals surface area contributed by atoms with E-state index in [0.717, 1.165) is 30.5 Å². The summed E-state index contributed by atoms with van der Waals surface area (Å²) in [5.41, 5.74) is 1.98. The van der Waals surface area contributed by atoms with E-state index in [1.807, 2.05) is 24.3 Å². The van der Waals surface area contributed by atoms with Gasteiger partial charge in [0.25, 0.3) is 0 Å². The van der Waals surface area contributed by atoms with E-state index in [1.54, 1.807) is 0 Å². The van der Waals surface area contributed by atoms with Gasteiger partial charge in [0.15, 0.2) is 0 Å². The highest BCUT2D eigenvalue weighted by Gasteiger charge is 2.31. The predicted molar refractivity (Wildman–Crippen MR) is 60.1 cm³/mol. The Morgan fingerprint density at radius 1 is 1.40 bits per heavy atom. The summed E-state index contributed by atoms with van der Waals surface area (Å²) in [7, 11) is 0. The number of rotatable bonds is 4. The Morgan fingerprint density at radius 2 is 2.07 bits per heavy atom. The van der Waals surface area contributed by atoms with Crippen molar-refractivity contribution < 1.29 is 0 Å². The fourth-order valence-electron chi connectivity index (χ4n) is 1.78. The zero-order chi connectivity index (χ0) is 10.7. The molecule has 1 N–H and O–H groups in total. The Balaban J connectivity index is 1.76. The van der Waals surface area contributed by atoms with Crippen molar-refractivity contribution in [3.63, 3.8) is 0 Å². The molecule has 0 spiro atoms. The molecule has 1 aromatic carbocycles. The monoisotopic (exact) mass is 200 g/mol. The van der Waals surface area contributed by atoms with E-state index in [0.29, 0.717) is 0 Å². The van der Waals surface area contributed by atoms with Crippen LogP contribution in [0.15, 0.2) is 24.3 Å². The van der Waals surface area contributed by atoms with Gasteiger partial charge in [-0.25, -0.2) is 0 Å². The van der Waals surface area contributed by atoms with E-state index in [4.69, 9.17) is 5.26 Å². The molecule has 1 aliphatic rings. The molecule has 78 valence electrons. The molecule has 15 heavy (non-hydrogen) atoms. The first kappa shape index (κ1) is 10.2. The van der Waals surface area contributed by atoms with Gasteiger partial charge in [-0.3, -0.25) is 0 Å². The van der Waals surface area contributed by atoms with Gasteiger partial charge in [0, 0.05) is 6.54 Å². The summed E-state index contributed by atoms with van der Waals surface area (Å²) in [6.07, 6.45) is 1.38. The lowest BCUT2D eigenvalue weighted by Gasteiger charge is -2.03. The number of nitriles is 1. The maximum absolute atomic E-state index is 8.65. The largest absolute Gasteiger partial charge is 0.312 e. The number of hydrogen-bond donors (Lipinski definition) is 1. The average Bonchev–Trinajstić information content (AvgIpc) is 2.96. The third kappa shape index (κ3) is 2.81. The average molecular weight is 200 g/mol. The topological polar surface area (TPSA) is 35.8 Å². The van der Waals surface area contributed by atoms with E-state index in [9.17, 15) is 0 Å². The van der Waals surface area contributed by atoms with Crippen molar-refractivity contribution >= 4 is 0 Å². The van der Waals surface area contributed by atoms with Crippen LogP contribution >= 0.6 is 0 Å². The van der Waals surface area contributed by atoms with Crippen LogP contribution in [0.5, 0.6) is 0 Å². The van der Waals surface area contributed by atoms with Gasteiger partial charge in [-0.05, 0) is 42.5 Å². The second kappa shape index (κ2) is 4.46. The maximum atomic E-state index is 8.65. The summed E-state index contributed by atoms with van der Waals surface area (Å²) in [6.45, 7) is 4.34. The number of nitrogens with one attached hydrogen (secondary N) is 1. The second-order valence-electron chi connectivity index (χ2n) is 4.41. The summed E-state index contributed by atoms with van der Waals surface area (Å²) in [6, 6.07) is 9.90. The minimum atomic E-state index is 0.731. The molecule has 0 aliphatic heterocycles. The zero-order valence-corrected chi connectivity index (χ0v) is 9.03. The van der Waals surface area contributed by atoms with Crippen molar-refractivity contribution in [3.8, 4) is 6.07 Å². The van der Waals surface area contributed by atoms with E-state index < -0.39 is 0 Å². The lowest BCUT2D eigenvalue weighted by atomic mass is 10.1. The van der Waals surface area contributed by atoms with Gasteiger partial charge in [-0.2, -0.15) is 5.26 Å². The highest BCUT2D eigenvalue weighted by atomic mass is 14.9. The molecule has 1 fully saturated rings. The summed E-state index contributed by atoms with van der Waals surface area (Å²) in [5, 5.41) is 12.1. The van der Waals surface area contributed by atoms with Crippen molar-refractivity contribution in [2.45, 2.75) is 19.9 Å². The molecule has 1 aliphatic carbocycles. The van der Waals surface area contributed by atoms with E-state index in [2.05, 4.69) is 18.3 Å². The molecular formula is C13H16N2. The summed E-state index contributed by atoms with van der Waals surface area (Å²) in [5.74, 6) is 1.81. The molecule has 2 atom stereocenters. The van der Waals surface area contributed by atoms with Crippen LogP contribution in [0.4, 0.5) is 0 Å². The Hall–Kier alpha value is -1.33. The van der Waals surface area contributed by atoms with Crippen molar-refractivity contribution in [3.05, 3.63) is 35.4 Å². The lowest BCUT2D eigenvalue weighted by molar-refractivity contribution is 0.612. The van der Waals surface area contributed by atoms with Gasteiger partial charge in [-0.15, -0.1) is 0 Å². The van der Waals surface area contributed by atoms with Gasteiger partial charge in [0.05, 0.1) is 11.6 Å². The van der Waals surface area contributed by atoms with Crippen LogP contribution in [0.25, 0.3) is 0 Å². The molecule has 2 unspecified atom stereocenters. The minimum Gasteiger partial charge on any atom is -0.312 e. The van der Waals surface area contributed by atoms with E-state index in [-0.39, 0.29) is 0 Å². The molecule has 0 amide bonds. The Morgan fingerprint density at radius 3 is 2.60 bits per heavy atom. The molecule has 0 heterocycles. The molecule has 0 aromatic heterocycles. The van der Waals surface area contributed by atoms with Crippen molar-refractivity contribution in [1.82, 2.24) is 5.32 Å². The molecule has 0 saturated heterocycles. The number of hydrogen-bond acceptors (Lipinski definition) is 2. The Bertz CT molecular complexity index is 361. The predicted octanol–water partition coefficient (Wildman–Crippen LogP) is 2.30. The normalized spacial score (nSPS) is 23.5. The highest BCUT2D eigenvalue weighted by molar-refractivity contribution is 5.31. The van der Waals surface area contributed by atoms with Crippen molar-refractivity contribution in [1.29, 1.82) is 5.26 Å². The van der Waals surface area contributed by atoms with Gasteiger partial charge >= 0.3 is 0 Å². The van der Waals surface area contributed by atoms with Crippen LogP contribution in [0.3, 0.4) is 0 Å². The van der Waals surface area contributed by atoms with Crippen molar-refractivity contribution in [2.24, 2.45) is 11.8 Å². The molecule has 1 saturated carbocycles. The van der Waals surface area contributed by atoms with Crippen LogP contribution in [0, 0.1) is 23.2 Å². The van der Waals surface area contributed by atoms with Crippen LogP contribution in [-0.2, 0) is 6.54 Å². The van der Waals surface area contributed by atoms with Crippen LogP contribution in [0.2, 0.25) is 0 Å². The van der Waals surface area contributed by atoms with Gasteiger partial charge in [-0.1, -0.05) is 19.1 Å². The van der Waals surface area contributed by atoms with Crippen LogP contribution < -0.4 is 5.32 Å². The smallest absolute Gasteiger partial charge is 0.0991 e. The molecule has 0 bridgehead atoms. The Kier molecular flexibility index (Phi) is 3.03. The van der Waals surface area contributed by atoms with Gasteiger partial charge in [0.1, 0.15) is 0 Å². The van der Waals surface area contributed by atoms with Crippen LogP contribution in [-0.4, -0.2) is 6.54 Å². The lowest BCUT2D eigenvalue weighted by Crippen LogP contribution is -2.16.